The Balaban J connectivity index is 2.36. The van der Waals surface area contributed by atoms with Crippen LogP contribution in [-0.2, 0) is 16.6 Å². The van der Waals surface area contributed by atoms with E-state index in [9.17, 15) is 8.42 Å². The molecule has 1 heterocycles. The van der Waals surface area contributed by atoms with Crippen molar-refractivity contribution in [1.29, 1.82) is 0 Å². The molecule has 1 N–H and O–H groups in total. The second-order valence-corrected chi connectivity index (χ2v) is 6.27. The van der Waals surface area contributed by atoms with Crippen LogP contribution in [0.4, 0.5) is 5.69 Å². The van der Waals surface area contributed by atoms with Gasteiger partial charge in [-0.25, -0.2) is 8.42 Å². The van der Waals surface area contributed by atoms with Crippen molar-refractivity contribution in [3.63, 3.8) is 0 Å². The van der Waals surface area contributed by atoms with Crippen molar-refractivity contribution in [3.8, 4) is 5.75 Å². The van der Waals surface area contributed by atoms with Gasteiger partial charge in [-0.15, -0.1) is 0 Å². The molecule has 0 atom stereocenters. The third-order valence-electron chi connectivity index (χ3n) is 3.23. The Morgan fingerprint density at radius 1 is 1.24 bits per heavy atom. The van der Waals surface area contributed by atoms with Crippen LogP contribution in [0.1, 0.15) is 18.3 Å². The highest BCUT2D eigenvalue weighted by atomic mass is 32.2. The lowest BCUT2D eigenvalue weighted by Gasteiger charge is -2.09. The van der Waals surface area contributed by atoms with E-state index in [0.29, 0.717) is 29.4 Å². The zero-order chi connectivity index (χ0) is 15.6. The number of benzene rings is 1. The standard InChI is InChI=1S/C14H19N3O3S/c1-5-17-11(3)14(10(2)15-17)21(18,19)16-12-6-8-13(20-4)9-7-12/h6-9,16H,5H2,1-4H3. The summed E-state index contributed by atoms with van der Waals surface area (Å²) in [6, 6.07) is 6.72. The van der Waals surface area contributed by atoms with E-state index in [1.807, 2.05) is 6.92 Å². The summed E-state index contributed by atoms with van der Waals surface area (Å²) in [5.41, 5.74) is 1.62. The average molecular weight is 309 g/mol. The molecule has 0 spiro atoms. The zero-order valence-electron chi connectivity index (χ0n) is 12.5. The summed E-state index contributed by atoms with van der Waals surface area (Å²) in [6.07, 6.45) is 0. The minimum absolute atomic E-state index is 0.236. The van der Waals surface area contributed by atoms with Crippen molar-refractivity contribution in [2.75, 3.05) is 11.8 Å². The third kappa shape index (κ3) is 3.02. The molecule has 21 heavy (non-hydrogen) atoms. The highest BCUT2D eigenvalue weighted by molar-refractivity contribution is 7.92. The van der Waals surface area contributed by atoms with Gasteiger partial charge in [0.25, 0.3) is 10.0 Å². The fourth-order valence-corrected chi connectivity index (χ4v) is 3.71. The van der Waals surface area contributed by atoms with Crippen LogP contribution in [0.15, 0.2) is 29.2 Å². The van der Waals surface area contributed by atoms with Gasteiger partial charge in [-0.2, -0.15) is 5.10 Å². The average Bonchev–Trinajstić information content (AvgIpc) is 2.74. The maximum Gasteiger partial charge on any atom is 0.265 e. The van der Waals surface area contributed by atoms with E-state index in [1.54, 1.807) is 49.9 Å². The van der Waals surface area contributed by atoms with E-state index in [-0.39, 0.29) is 4.90 Å². The summed E-state index contributed by atoms with van der Waals surface area (Å²) < 4.78 is 34.4. The molecule has 0 radical (unpaired) electrons. The number of ether oxygens (including phenoxy) is 1. The lowest BCUT2D eigenvalue weighted by Crippen LogP contribution is -2.15. The number of anilines is 1. The zero-order valence-corrected chi connectivity index (χ0v) is 13.4. The highest BCUT2D eigenvalue weighted by Crippen LogP contribution is 2.23. The molecular formula is C14H19N3O3S. The van der Waals surface area contributed by atoms with Crippen molar-refractivity contribution >= 4 is 15.7 Å². The number of aryl methyl sites for hydroxylation is 2. The Bertz CT molecular complexity index is 734. The second kappa shape index (κ2) is 5.77. The van der Waals surface area contributed by atoms with Gasteiger partial charge < -0.3 is 4.74 Å². The molecule has 0 fully saturated rings. The number of nitrogens with one attached hydrogen (secondary N) is 1. The molecule has 1 aromatic carbocycles. The first-order valence-corrected chi connectivity index (χ1v) is 8.08. The van der Waals surface area contributed by atoms with Gasteiger partial charge in [-0.1, -0.05) is 0 Å². The maximum absolute atomic E-state index is 12.5. The molecule has 0 saturated heterocycles. The smallest absolute Gasteiger partial charge is 0.265 e. The molecule has 0 saturated carbocycles. The molecule has 0 aliphatic carbocycles. The van der Waals surface area contributed by atoms with Crippen molar-refractivity contribution < 1.29 is 13.2 Å². The van der Waals surface area contributed by atoms with Crippen LogP contribution in [0.2, 0.25) is 0 Å². The highest BCUT2D eigenvalue weighted by Gasteiger charge is 2.24. The molecule has 0 aliphatic rings. The van der Waals surface area contributed by atoms with Gasteiger partial charge in [-0.05, 0) is 45.0 Å². The van der Waals surface area contributed by atoms with Gasteiger partial charge in [0.1, 0.15) is 10.6 Å². The first-order valence-electron chi connectivity index (χ1n) is 6.60. The first kappa shape index (κ1) is 15.4. The number of rotatable bonds is 5. The first-order chi connectivity index (χ1) is 9.89. The van der Waals surface area contributed by atoms with Crippen LogP contribution in [0.5, 0.6) is 5.75 Å². The van der Waals surface area contributed by atoms with E-state index < -0.39 is 10.0 Å². The molecule has 6 nitrogen and oxygen atoms in total. The minimum Gasteiger partial charge on any atom is -0.497 e. The van der Waals surface area contributed by atoms with E-state index in [4.69, 9.17) is 4.74 Å². The van der Waals surface area contributed by atoms with Crippen molar-refractivity contribution in [2.24, 2.45) is 0 Å². The number of methoxy groups -OCH3 is 1. The van der Waals surface area contributed by atoms with Crippen LogP contribution in [0, 0.1) is 13.8 Å². The topological polar surface area (TPSA) is 73.2 Å². The largest absolute Gasteiger partial charge is 0.497 e. The fourth-order valence-electron chi connectivity index (χ4n) is 2.24. The van der Waals surface area contributed by atoms with E-state index >= 15 is 0 Å². The summed E-state index contributed by atoms with van der Waals surface area (Å²) in [4.78, 5) is 0.236. The quantitative estimate of drug-likeness (QED) is 0.920. The monoisotopic (exact) mass is 309 g/mol. The Labute approximate surface area is 124 Å². The number of hydrogen-bond acceptors (Lipinski definition) is 4. The van der Waals surface area contributed by atoms with Gasteiger partial charge >= 0.3 is 0 Å². The summed E-state index contributed by atoms with van der Waals surface area (Å²) >= 11 is 0. The van der Waals surface area contributed by atoms with Gasteiger partial charge in [0.05, 0.1) is 18.5 Å². The molecule has 7 heteroatoms. The Hall–Kier alpha value is -2.02. The molecule has 1 aromatic heterocycles. The van der Waals surface area contributed by atoms with Gasteiger partial charge in [0.15, 0.2) is 0 Å². The number of hydrogen-bond donors (Lipinski definition) is 1. The number of nitrogens with zero attached hydrogens (tertiary/aromatic N) is 2. The van der Waals surface area contributed by atoms with Crippen LogP contribution >= 0.6 is 0 Å². The lowest BCUT2D eigenvalue weighted by molar-refractivity contribution is 0.415. The summed E-state index contributed by atoms with van der Waals surface area (Å²) in [7, 11) is -2.10. The van der Waals surface area contributed by atoms with Crippen LogP contribution in [-0.4, -0.2) is 25.3 Å². The van der Waals surface area contributed by atoms with Crippen molar-refractivity contribution in [3.05, 3.63) is 35.7 Å². The second-order valence-electron chi connectivity index (χ2n) is 4.65. The maximum atomic E-state index is 12.5. The summed E-state index contributed by atoms with van der Waals surface area (Å²) in [6.45, 7) is 6.01. The SMILES string of the molecule is CCn1nc(C)c(S(=O)(=O)Nc2ccc(OC)cc2)c1C. The van der Waals surface area contributed by atoms with Gasteiger partial charge in [-0.3, -0.25) is 9.40 Å². The van der Waals surface area contributed by atoms with E-state index in [0.717, 1.165) is 0 Å². The molecular weight excluding hydrogens is 290 g/mol. The lowest BCUT2D eigenvalue weighted by atomic mass is 10.3. The molecule has 0 amide bonds. The summed E-state index contributed by atoms with van der Waals surface area (Å²) in [5.74, 6) is 0.670. The molecule has 0 aliphatic heterocycles. The normalized spacial score (nSPS) is 11.4. The number of aromatic nitrogens is 2. The molecule has 114 valence electrons. The van der Waals surface area contributed by atoms with Crippen LogP contribution in [0.25, 0.3) is 0 Å². The Kier molecular flexibility index (Phi) is 4.22. The number of sulfonamides is 1. The molecule has 0 bridgehead atoms. The minimum atomic E-state index is -3.66. The predicted octanol–water partition coefficient (Wildman–Crippen LogP) is 2.33. The third-order valence-corrected chi connectivity index (χ3v) is 4.86. The Morgan fingerprint density at radius 2 is 1.86 bits per heavy atom. The van der Waals surface area contributed by atoms with Crippen molar-refractivity contribution in [2.45, 2.75) is 32.2 Å². The van der Waals surface area contributed by atoms with Gasteiger partial charge in [0.2, 0.25) is 0 Å². The molecule has 0 unspecified atom stereocenters. The summed E-state index contributed by atoms with van der Waals surface area (Å²) in [5, 5.41) is 4.24. The van der Waals surface area contributed by atoms with E-state index in [2.05, 4.69) is 9.82 Å². The van der Waals surface area contributed by atoms with E-state index in [1.165, 1.54) is 0 Å². The molecule has 2 rings (SSSR count). The molecule has 2 aromatic rings. The Morgan fingerprint density at radius 3 is 2.33 bits per heavy atom. The fraction of sp³-hybridized carbons (Fsp3) is 0.357. The van der Waals surface area contributed by atoms with Crippen LogP contribution in [0.3, 0.4) is 0 Å². The van der Waals surface area contributed by atoms with Crippen LogP contribution < -0.4 is 9.46 Å². The van der Waals surface area contributed by atoms with Crippen molar-refractivity contribution in [1.82, 2.24) is 9.78 Å². The van der Waals surface area contributed by atoms with Gasteiger partial charge in [0, 0.05) is 12.2 Å². The predicted molar refractivity (Wildman–Crippen MR) is 81.2 cm³/mol.